The van der Waals surface area contributed by atoms with Gasteiger partial charge in [0.25, 0.3) is 0 Å². The van der Waals surface area contributed by atoms with E-state index < -0.39 is 18.0 Å². The van der Waals surface area contributed by atoms with Crippen LogP contribution in [0.15, 0.2) is 42.5 Å². The smallest absolute Gasteiger partial charge is 0.352 e. The van der Waals surface area contributed by atoms with Crippen LogP contribution in [0.25, 0.3) is 10.2 Å². The number of rotatable bonds is 4. The van der Waals surface area contributed by atoms with Crippen molar-refractivity contribution in [3.05, 3.63) is 58.6 Å². The molecule has 8 heteroatoms. The van der Waals surface area contributed by atoms with Crippen molar-refractivity contribution in [2.45, 2.75) is 6.10 Å². The van der Waals surface area contributed by atoms with Crippen LogP contribution >= 0.6 is 22.9 Å². The summed E-state index contributed by atoms with van der Waals surface area (Å²) in [5.41, 5.74) is 6.98. The monoisotopic (exact) mass is 376 g/mol. The van der Waals surface area contributed by atoms with Crippen LogP contribution in [-0.2, 0) is 14.3 Å². The molecule has 0 aliphatic carbocycles. The lowest BCUT2D eigenvalue weighted by molar-refractivity contribution is -0.151. The summed E-state index contributed by atoms with van der Waals surface area (Å²) in [5.74, 6) is -1.39. The summed E-state index contributed by atoms with van der Waals surface area (Å²) in [7, 11) is 1.21. The SMILES string of the molecule is COC(=O)[C@@H](OC(=O)c1ccc2nc(N)sc2c1)c1ccccc1Cl. The fourth-order valence-electron chi connectivity index (χ4n) is 2.28. The number of esters is 2. The molecule has 2 N–H and O–H groups in total. The van der Waals surface area contributed by atoms with Gasteiger partial charge in [-0.2, -0.15) is 0 Å². The standard InChI is InChI=1S/C17H13ClN2O4S/c1-23-16(22)14(10-4-2-3-5-11(10)18)24-15(21)9-6-7-12-13(8-9)25-17(19)20-12/h2-8,14H,1H3,(H2,19,20)/t14-/m0/s1. The third kappa shape index (κ3) is 3.57. The number of aromatic nitrogens is 1. The van der Waals surface area contributed by atoms with Crippen molar-refractivity contribution >= 4 is 50.2 Å². The van der Waals surface area contributed by atoms with Crippen LogP contribution in [0.4, 0.5) is 5.13 Å². The highest BCUT2D eigenvalue weighted by Gasteiger charge is 2.28. The zero-order valence-corrected chi connectivity index (χ0v) is 14.6. The number of nitrogen functional groups attached to an aromatic ring is 1. The fourth-order valence-corrected chi connectivity index (χ4v) is 3.29. The zero-order valence-electron chi connectivity index (χ0n) is 13.1. The van der Waals surface area contributed by atoms with Crippen molar-refractivity contribution < 1.29 is 19.1 Å². The molecule has 6 nitrogen and oxygen atoms in total. The molecule has 3 aromatic rings. The summed E-state index contributed by atoms with van der Waals surface area (Å²) < 4.78 is 10.8. The summed E-state index contributed by atoms with van der Waals surface area (Å²) in [6, 6.07) is 11.5. The normalized spacial score (nSPS) is 11.9. The van der Waals surface area contributed by atoms with Gasteiger partial charge in [0, 0.05) is 10.6 Å². The molecule has 2 aromatic carbocycles. The van der Waals surface area contributed by atoms with E-state index in [0.717, 1.165) is 4.70 Å². The summed E-state index contributed by atoms with van der Waals surface area (Å²) in [5, 5.41) is 0.709. The molecule has 1 aromatic heterocycles. The van der Waals surface area contributed by atoms with Gasteiger partial charge >= 0.3 is 11.9 Å². The van der Waals surface area contributed by atoms with Crippen LogP contribution in [-0.4, -0.2) is 24.0 Å². The molecular formula is C17H13ClN2O4S. The molecule has 0 amide bonds. The molecule has 0 aliphatic heterocycles. The number of fused-ring (bicyclic) bond motifs is 1. The molecular weight excluding hydrogens is 364 g/mol. The second kappa shape index (κ2) is 7.08. The third-order valence-electron chi connectivity index (χ3n) is 3.47. The Morgan fingerprint density at radius 1 is 1.24 bits per heavy atom. The number of ether oxygens (including phenoxy) is 2. The Labute approximate surface area is 152 Å². The Hall–Kier alpha value is -2.64. The van der Waals surface area contributed by atoms with E-state index in [2.05, 4.69) is 4.98 Å². The number of thiazole rings is 1. The van der Waals surface area contributed by atoms with E-state index in [9.17, 15) is 9.59 Å². The van der Waals surface area contributed by atoms with Crippen molar-refractivity contribution in [2.75, 3.05) is 12.8 Å². The second-order valence-electron chi connectivity index (χ2n) is 5.06. The number of hydrogen-bond acceptors (Lipinski definition) is 7. The van der Waals surface area contributed by atoms with E-state index in [-0.39, 0.29) is 5.56 Å². The van der Waals surface area contributed by atoms with Gasteiger partial charge in [-0.25, -0.2) is 14.6 Å². The minimum atomic E-state index is -1.26. The van der Waals surface area contributed by atoms with E-state index in [1.807, 2.05) is 0 Å². The molecule has 0 radical (unpaired) electrons. The summed E-state index contributed by atoms with van der Waals surface area (Å²) in [6.07, 6.45) is -1.26. The molecule has 0 saturated carbocycles. The van der Waals surface area contributed by atoms with Crippen molar-refractivity contribution in [3.63, 3.8) is 0 Å². The van der Waals surface area contributed by atoms with Gasteiger partial charge in [-0.1, -0.05) is 41.1 Å². The molecule has 0 bridgehead atoms. The maximum atomic E-state index is 12.5. The van der Waals surface area contributed by atoms with Crippen molar-refractivity contribution in [1.82, 2.24) is 4.98 Å². The lowest BCUT2D eigenvalue weighted by atomic mass is 10.1. The van der Waals surface area contributed by atoms with Crippen molar-refractivity contribution in [1.29, 1.82) is 0 Å². The number of halogens is 1. The van der Waals surface area contributed by atoms with Gasteiger partial charge in [-0.3, -0.25) is 0 Å². The van der Waals surface area contributed by atoms with E-state index in [4.69, 9.17) is 26.8 Å². The van der Waals surface area contributed by atoms with E-state index in [1.165, 1.54) is 18.4 Å². The predicted octanol–water partition coefficient (Wildman–Crippen LogP) is 3.60. The highest BCUT2D eigenvalue weighted by atomic mass is 35.5. The average Bonchev–Trinajstić information content (AvgIpc) is 2.98. The lowest BCUT2D eigenvalue weighted by Crippen LogP contribution is -2.21. The second-order valence-corrected chi connectivity index (χ2v) is 6.53. The van der Waals surface area contributed by atoms with Crippen LogP contribution in [0.1, 0.15) is 22.0 Å². The Balaban J connectivity index is 1.91. The molecule has 1 heterocycles. The van der Waals surface area contributed by atoms with Crippen LogP contribution < -0.4 is 5.73 Å². The van der Waals surface area contributed by atoms with Gasteiger partial charge in [0.2, 0.25) is 6.10 Å². The first kappa shape index (κ1) is 17.2. The minimum absolute atomic E-state index is 0.275. The molecule has 0 saturated heterocycles. The lowest BCUT2D eigenvalue weighted by Gasteiger charge is -2.17. The number of methoxy groups -OCH3 is 1. The molecule has 0 unspecified atom stereocenters. The molecule has 0 aliphatic rings. The van der Waals surface area contributed by atoms with Crippen LogP contribution in [0, 0.1) is 0 Å². The number of nitrogens with zero attached hydrogens (tertiary/aromatic N) is 1. The minimum Gasteiger partial charge on any atom is -0.466 e. The molecule has 0 fully saturated rings. The van der Waals surface area contributed by atoms with Gasteiger partial charge in [0.05, 0.1) is 22.9 Å². The zero-order chi connectivity index (χ0) is 18.0. The predicted molar refractivity (Wildman–Crippen MR) is 95.7 cm³/mol. The highest BCUT2D eigenvalue weighted by molar-refractivity contribution is 7.22. The Kier molecular flexibility index (Phi) is 4.87. The Morgan fingerprint density at radius 3 is 2.72 bits per heavy atom. The topological polar surface area (TPSA) is 91.5 Å². The van der Waals surface area contributed by atoms with Crippen molar-refractivity contribution in [2.24, 2.45) is 0 Å². The largest absolute Gasteiger partial charge is 0.466 e. The van der Waals surface area contributed by atoms with Crippen LogP contribution in [0.2, 0.25) is 5.02 Å². The van der Waals surface area contributed by atoms with E-state index in [0.29, 0.717) is 21.2 Å². The van der Waals surface area contributed by atoms with E-state index >= 15 is 0 Å². The number of carbonyl (C=O) groups is 2. The Bertz CT molecular complexity index is 957. The van der Waals surface area contributed by atoms with Gasteiger partial charge in [-0.15, -0.1) is 0 Å². The molecule has 1 atom stereocenters. The summed E-state index contributed by atoms with van der Waals surface area (Å²) in [6.45, 7) is 0. The van der Waals surface area contributed by atoms with Crippen molar-refractivity contribution in [3.8, 4) is 0 Å². The highest BCUT2D eigenvalue weighted by Crippen LogP contribution is 2.29. The number of benzene rings is 2. The Morgan fingerprint density at radius 2 is 2.00 bits per heavy atom. The number of anilines is 1. The first-order chi connectivity index (χ1) is 12.0. The first-order valence-corrected chi connectivity index (χ1v) is 8.38. The van der Waals surface area contributed by atoms with Gasteiger partial charge in [0.15, 0.2) is 5.13 Å². The third-order valence-corrected chi connectivity index (χ3v) is 4.66. The average molecular weight is 377 g/mol. The maximum Gasteiger partial charge on any atom is 0.352 e. The number of carbonyl (C=O) groups excluding carboxylic acids is 2. The fraction of sp³-hybridized carbons (Fsp3) is 0.118. The van der Waals surface area contributed by atoms with Crippen LogP contribution in [0.5, 0.6) is 0 Å². The molecule has 128 valence electrons. The van der Waals surface area contributed by atoms with E-state index in [1.54, 1.807) is 42.5 Å². The summed E-state index contributed by atoms with van der Waals surface area (Å²) in [4.78, 5) is 28.7. The molecule has 0 spiro atoms. The molecule has 25 heavy (non-hydrogen) atoms. The summed E-state index contributed by atoms with van der Waals surface area (Å²) >= 11 is 7.37. The maximum absolute atomic E-state index is 12.5. The van der Waals surface area contributed by atoms with Gasteiger partial charge in [-0.05, 0) is 24.3 Å². The number of nitrogens with two attached hydrogens (primary N) is 1. The van der Waals surface area contributed by atoms with Gasteiger partial charge < -0.3 is 15.2 Å². The first-order valence-electron chi connectivity index (χ1n) is 7.19. The quantitative estimate of drug-likeness (QED) is 0.699. The van der Waals surface area contributed by atoms with Gasteiger partial charge in [0.1, 0.15) is 0 Å². The molecule has 3 rings (SSSR count). The van der Waals surface area contributed by atoms with Crippen LogP contribution in [0.3, 0.4) is 0 Å². The number of hydrogen-bond donors (Lipinski definition) is 1.